The van der Waals surface area contributed by atoms with Crippen LogP contribution >= 0.6 is 0 Å². The normalized spacial score (nSPS) is 25.8. The highest BCUT2D eigenvalue weighted by Gasteiger charge is 2.54. The third kappa shape index (κ3) is 4.39. The van der Waals surface area contributed by atoms with Crippen molar-refractivity contribution in [3.05, 3.63) is 29.8 Å². The Balaban J connectivity index is 1.50. The molecular weight excluding hydrogens is 440 g/mol. The molecule has 0 spiro atoms. The molecule has 1 aromatic rings. The summed E-state index contributed by atoms with van der Waals surface area (Å²) >= 11 is 0. The number of hydrazine groups is 1. The van der Waals surface area contributed by atoms with E-state index in [-0.39, 0.29) is 24.5 Å². The van der Waals surface area contributed by atoms with Gasteiger partial charge in [-0.25, -0.2) is 15.0 Å². The van der Waals surface area contributed by atoms with Crippen LogP contribution in [-0.2, 0) is 20.0 Å². The number of hydrogen-bond acceptors (Lipinski definition) is 7. The highest BCUT2D eigenvalue weighted by Crippen LogP contribution is 2.39. The van der Waals surface area contributed by atoms with Gasteiger partial charge in [0.25, 0.3) is 0 Å². The molecule has 0 saturated carbocycles. The lowest BCUT2D eigenvalue weighted by atomic mass is 9.80. The summed E-state index contributed by atoms with van der Waals surface area (Å²) in [6.45, 7) is 7.99. The Morgan fingerprint density at radius 3 is 2.24 bits per heavy atom. The zero-order valence-electron chi connectivity index (χ0n) is 20.0. The molecule has 3 heterocycles. The zero-order valence-corrected chi connectivity index (χ0v) is 20.0. The van der Waals surface area contributed by atoms with E-state index in [1.54, 1.807) is 11.9 Å². The number of carbonyl (C=O) groups is 4. The molecule has 3 aliphatic rings. The molecule has 3 fully saturated rings. The van der Waals surface area contributed by atoms with E-state index in [4.69, 9.17) is 4.74 Å². The number of piperazine rings is 1. The Bertz CT molecular complexity index is 983. The number of urea groups is 1. The molecule has 0 aliphatic carbocycles. The third-order valence-electron chi connectivity index (χ3n) is 6.54. The standard InChI is InChI=1S/C23H32N6O5/c1-22(2,3)34-21(33)29-13-11-28(12-14-29)16-7-5-15(6-8-16)23(26-25-20(32)27(23)4)17-9-10-18(30)24-19(17)31/h5-8,17,26H,9-14H2,1-4H3,(H,25,32)(H,24,30,31). The van der Waals surface area contributed by atoms with Gasteiger partial charge in [0.2, 0.25) is 11.8 Å². The van der Waals surface area contributed by atoms with Gasteiger partial charge < -0.3 is 19.4 Å². The first-order valence-electron chi connectivity index (χ1n) is 11.5. The van der Waals surface area contributed by atoms with Crippen molar-refractivity contribution in [3.63, 3.8) is 0 Å². The van der Waals surface area contributed by atoms with Crippen LogP contribution in [0.3, 0.4) is 0 Å². The van der Waals surface area contributed by atoms with Crippen LogP contribution in [0.4, 0.5) is 15.3 Å². The highest BCUT2D eigenvalue weighted by atomic mass is 16.6. The van der Waals surface area contributed by atoms with Crippen LogP contribution in [0.1, 0.15) is 39.2 Å². The van der Waals surface area contributed by atoms with E-state index in [1.807, 2.05) is 45.0 Å². The second kappa shape index (κ2) is 8.79. The largest absolute Gasteiger partial charge is 0.444 e. The molecule has 1 aromatic carbocycles. The topological polar surface area (TPSA) is 123 Å². The van der Waals surface area contributed by atoms with Crippen molar-refractivity contribution in [1.82, 2.24) is 26.0 Å². The van der Waals surface area contributed by atoms with Gasteiger partial charge in [-0.1, -0.05) is 12.1 Å². The summed E-state index contributed by atoms with van der Waals surface area (Å²) in [6, 6.07) is 7.33. The quantitative estimate of drug-likeness (QED) is 0.563. The average molecular weight is 473 g/mol. The van der Waals surface area contributed by atoms with Gasteiger partial charge >= 0.3 is 12.1 Å². The predicted molar refractivity (Wildman–Crippen MR) is 123 cm³/mol. The first-order chi connectivity index (χ1) is 16.0. The minimum absolute atomic E-state index is 0.210. The fourth-order valence-corrected chi connectivity index (χ4v) is 4.76. The van der Waals surface area contributed by atoms with Crippen molar-refractivity contribution >= 4 is 29.6 Å². The fourth-order valence-electron chi connectivity index (χ4n) is 4.76. The van der Waals surface area contributed by atoms with Gasteiger partial charge in [0.05, 0.1) is 5.92 Å². The van der Waals surface area contributed by atoms with Crippen LogP contribution in [0.25, 0.3) is 0 Å². The molecule has 3 aliphatic heterocycles. The van der Waals surface area contributed by atoms with Crippen molar-refractivity contribution in [2.45, 2.75) is 44.9 Å². The highest BCUT2D eigenvalue weighted by molar-refractivity contribution is 5.99. The number of amides is 5. The van der Waals surface area contributed by atoms with E-state index in [1.165, 1.54) is 4.90 Å². The van der Waals surface area contributed by atoms with E-state index >= 15 is 0 Å². The first kappa shape index (κ1) is 23.8. The van der Waals surface area contributed by atoms with Crippen molar-refractivity contribution in [2.75, 3.05) is 38.1 Å². The maximum Gasteiger partial charge on any atom is 0.410 e. The van der Waals surface area contributed by atoms with Crippen LogP contribution in [-0.4, -0.2) is 72.6 Å². The molecule has 5 amide bonds. The molecule has 11 heteroatoms. The molecule has 0 radical (unpaired) electrons. The van der Waals surface area contributed by atoms with Gasteiger partial charge in [-0.2, -0.15) is 0 Å². The Labute approximate surface area is 198 Å². The smallest absolute Gasteiger partial charge is 0.410 e. The molecule has 184 valence electrons. The molecule has 3 N–H and O–H groups in total. The number of nitrogens with one attached hydrogen (secondary N) is 3. The second-order valence-corrected chi connectivity index (χ2v) is 9.89. The molecule has 4 rings (SSSR count). The number of hydrogen-bond donors (Lipinski definition) is 3. The van der Waals surface area contributed by atoms with Crippen LogP contribution in [0.15, 0.2) is 24.3 Å². The number of rotatable bonds is 3. The number of anilines is 1. The van der Waals surface area contributed by atoms with Gasteiger partial charge in [-0.05, 0) is 44.9 Å². The fraction of sp³-hybridized carbons (Fsp3) is 0.565. The van der Waals surface area contributed by atoms with Gasteiger partial charge in [-0.15, -0.1) is 0 Å². The first-order valence-corrected chi connectivity index (χ1v) is 11.5. The van der Waals surface area contributed by atoms with E-state index < -0.39 is 23.1 Å². The van der Waals surface area contributed by atoms with Crippen LogP contribution in [0.2, 0.25) is 0 Å². The summed E-state index contributed by atoms with van der Waals surface area (Å²) < 4.78 is 5.46. The minimum atomic E-state index is -1.12. The van der Waals surface area contributed by atoms with E-state index in [0.717, 1.165) is 11.3 Å². The van der Waals surface area contributed by atoms with Crippen molar-refractivity contribution in [3.8, 4) is 0 Å². The van der Waals surface area contributed by atoms with Crippen LogP contribution in [0.5, 0.6) is 0 Å². The van der Waals surface area contributed by atoms with Crippen molar-refractivity contribution in [2.24, 2.45) is 5.92 Å². The predicted octanol–water partition coefficient (Wildman–Crippen LogP) is 1.11. The molecule has 11 nitrogen and oxygen atoms in total. The number of imide groups is 1. The van der Waals surface area contributed by atoms with E-state index in [9.17, 15) is 19.2 Å². The summed E-state index contributed by atoms with van der Waals surface area (Å²) in [5, 5.41) is 2.39. The Morgan fingerprint density at radius 1 is 1.06 bits per heavy atom. The SMILES string of the molecule is CN1C(=O)NNC1(c1ccc(N2CCN(C(=O)OC(C)(C)C)CC2)cc1)C1CCC(=O)NC1=O. The summed E-state index contributed by atoms with van der Waals surface area (Å²) in [5.41, 5.74) is 5.70. The van der Waals surface area contributed by atoms with E-state index in [0.29, 0.717) is 32.6 Å². The second-order valence-electron chi connectivity index (χ2n) is 9.89. The summed E-state index contributed by atoms with van der Waals surface area (Å²) in [4.78, 5) is 54.5. The molecule has 34 heavy (non-hydrogen) atoms. The molecule has 3 saturated heterocycles. The van der Waals surface area contributed by atoms with Crippen LogP contribution in [0, 0.1) is 5.92 Å². The summed E-state index contributed by atoms with van der Waals surface area (Å²) in [7, 11) is 1.63. The van der Waals surface area contributed by atoms with Crippen molar-refractivity contribution < 1.29 is 23.9 Å². The number of nitrogens with zero attached hydrogens (tertiary/aromatic N) is 3. The van der Waals surface area contributed by atoms with Gasteiger partial charge in [0.15, 0.2) is 0 Å². The lowest BCUT2D eigenvalue weighted by Gasteiger charge is -2.42. The Kier molecular flexibility index (Phi) is 6.15. The lowest BCUT2D eigenvalue weighted by molar-refractivity contribution is -0.141. The number of piperidine rings is 1. The number of ether oxygens (including phenoxy) is 1. The Hall–Kier alpha value is -3.34. The van der Waals surface area contributed by atoms with Crippen LogP contribution < -0.4 is 21.1 Å². The lowest BCUT2D eigenvalue weighted by Crippen LogP contribution is -2.60. The number of carbonyl (C=O) groups excluding carboxylic acids is 4. The maximum atomic E-state index is 12.7. The maximum absolute atomic E-state index is 12.7. The minimum Gasteiger partial charge on any atom is -0.444 e. The Morgan fingerprint density at radius 2 is 1.71 bits per heavy atom. The molecule has 2 unspecified atom stereocenters. The van der Waals surface area contributed by atoms with Gasteiger partial charge in [-0.3, -0.25) is 20.3 Å². The zero-order chi connectivity index (χ0) is 24.7. The molecule has 0 bridgehead atoms. The molecule has 0 aromatic heterocycles. The molecule has 2 atom stereocenters. The summed E-state index contributed by atoms with van der Waals surface area (Å²) in [6.07, 6.45) is 0.230. The third-order valence-corrected chi connectivity index (χ3v) is 6.54. The monoisotopic (exact) mass is 472 g/mol. The van der Waals surface area contributed by atoms with E-state index in [2.05, 4.69) is 21.1 Å². The van der Waals surface area contributed by atoms with Gasteiger partial charge in [0.1, 0.15) is 11.3 Å². The van der Waals surface area contributed by atoms with Crippen molar-refractivity contribution in [1.29, 1.82) is 0 Å². The molecular formula is C23H32N6O5. The summed E-state index contributed by atoms with van der Waals surface area (Å²) in [5.74, 6) is -1.36. The average Bonchev–Trinajstić information content (AvgIpc) is 3.08. The number of benzene rings is 1. The van der Waals surface area contributed by atoms with Gasteiger partial charge in [0, 0.05) is 45.3 Å².